The van der Waals surface area contributed by atoms with Crippen LogP contribution < -0.4 is 10.6 Å². The first-order valence-corrected chi connectivity index (χ1v) is 6.48. The molecule has 2 amide bonds. The Kier molecular flexibility index (Phi) is 6.49. The van der Waals surface area contributed by atoms with E-state index in [2.05, 4.69) is 10.6 Å². The van der Waals surface area contributed by atoms with Crippen molar-refractivity contribution in [1.29, 1.82) is 0 Å². The summed E-state index contributed by atoms with van der Waals surface area (Å²) in [4.78, 5) is 21.9. The van der Waals surface area contributed by atoms with Crippen molar-refractivity contribution in [1.82, 2.24) is 10.6 Å². The average Bonchev–Trinajstić information content (AvgIpc) is 2.37. The third-order valence-corrected chi connectivity index (χ3v) is 2.80. The normalized spacial score (nSPS) is 11.7. The molecule has 0 radical (unpaired) electrons. The lowest BCUT2D eigenvalue weighted by Crippen LogP contribution is -2.40. The van der Waals surface area contributed by atoms with Gasteiger partial charge < -0.3 is 15.7 Å². The highest BCUT2D eigenvalue weighted by Gasteiger charge is 2.08. The van der Waals surface area contributed by atoms with Crippen LogP contribution >= 0.6 is 0 Å². The molecule has 0 bridgehead atoms. The molecular formula is C14H19FN2O3. The molecule has 0 saturated carbocycles. The van der Waals surface area contributed by atoms with E-state index in [0.717, 1.165) is 0 Å². The van der Waals surface area contributed by atoms with Gasteiger partial charge in [0.05, 0.1) is 0 Å². The molecule has 0 aliphatic rings. The third kappa shape index (κ3) is 6.17. The van der Waals surface area contributed by atoms with Crippen molar-refractivity contribution in [2.24, 2.45) is 0 Å². The van der Waals surface area contributed by atoms with E-state index in [4.69, 9.17) is 5.11 Å². The third-order valence-electron chi connectivity index (χ3n) is 2.80. The fraction of sp³-hybridized carbons (Fsp3) is 0.429. The number of carbonyl (C=O) groups excluding carboxylic acids is 1. The predicted octanol–water partition coefficient (Wildman–Crippen LogP) is 2.27. The first-order chi connectivity index (χ1) is 9.49. The maximum Gasteiger partial charge on any atom is 0.315 e. The van der Waals surface area contributed by atoms with Gasteiger partial charge in [0.2, 0.25) is 0 Å². The Balaban J connectivity index is 2.26. The standard InChI is InChI=1S/C14H19FN2O3/c1-10(5-4-8-13(18)19)17-14(20)16-9-11-6-2-3-7-12(11)15/h2-3,6-7,10H,4-5,8-9H2,1H3,(H,18,19)(H2,16,17,20). The van der Waals surface area contributed by atoms with E-state index in [1.54, 1.807) is 25.1 Å². The molecule has 110 valence electrons. The first-order valence-electron chi connectivity index (χ1n) is 6.48. The van der Waals surface area contributed by atoms with E-state index in [1.807, 2.05) is 0 Å². The highest BCUT2D eigenvalue weighted by Crippen LogP contribution is 2.05. The number of amides is 2. The topological polar surface area (TPSA) is 78.4 Å². The van der Waals surface area contributed by atoms with Crippen molar-refractivity contribution >= 4 is 12.0 Å². The van der Waals surface area contributed by atoms with Gasteiger partial charge in [-0.3, -0.25) is 4.79 Å². The number of hydrogen-bond acceptors (Lipinski definition) is 2. The number of carboxylic acid groups (broad SMARTS) is 1. The summed E-state index contributed by atoms with van der Waals surface area (Å²) >= 11 is 0. The summed E-state index contributed by atoms with van der Waals surface area (Å²) in [6.07, 6.45) is 1.17. The molecular weight excluding hydrogens is 263 g/mol. The molecule has 1 unspecified atom stereocenters. The Morgan fingerprint density at radius 1 is 1.35 bits per heavy atom. The van der Waals surface area contributed by atoms with Gasteiger partial charge in [0.25, 0.3) is 0 Å². The largest absolute Gasteiger partial charge is 0.481 e. The number of benzene rings is 1. The number of rotatable bonds is 7. The van der Waals surface area contributed by atoms with Crippen LogP contribution in [0.2, 0.25) is 0 Å². The molecule has 0 heterocycles. The number of hydrogen-bond donors (Lipinski definition) is 3. The van der Waals surface area contributed by atoms with E-state index in [1.165, 1.54) is 6.07 Å². The van der Waals surface area contributed by atoms with Gasteiger partial charge in [0.15, 0.2) is 0 Å². The van der Waals surface area contributed by atoms with Crippen molar-refractivity contribution in [3.05, 3.63) is 35.6 Å². The summed E-state index contributed by atoms with van der Waals surface area (Å²) < 4.78 is 13.3. The molecule has 0 aliphatic carbocycles. The second-order valence-corrected chi connectivity index (χ2v) is 4.61. The highest BCUT2D eigenvalue weighted by molar-refractivity contribution is 5.74. The van der Waals surface area contributed by atoms with E-state index in [9.17, 15) is 14.0 Å². The van der Waals surface area contributed by atoms with Crippen LogP contribution in [-0.2, 0) is 11.3 Å². The number of aliphatic carboxylic acids is 1. The van der Waals surface area contributed by atoms with Gasteiger partial charge in [-0.05, 0) is 25.8 Å². The second kappa shape index (κ2) is 8.14. The maximum absolute atomic E-state index is 13.3. The van der Waals surface area contributed by atoms with Crippen molar-refractivity contribution in [2.45, 2.75) is 38.8 Å². The van der Waals surface area contributed by atoms with Crippen LogP contribution in [0.5, 0.6) is 0 Å². The van der Waals surface area contributed by atoms with Crippen LogP contribution in [-0.4, -0.2) is 23.1 Å². The summed E-state index contributed by atoms with van der Waals surface area (Å²) in [5.41, 5.74) is 0.418. The van der Waals surface area contributed by atoms with Gasteiger partial charge in [0, 0.05) is 24.6 Å². The Labute approximate surface area is 117 Å². The predicted molar refractivity (Wildman–Crippen MR) is 72.7 cm³/mol. The monoisotopic (exact) mass is 282 g/mol. The molecule has 0 saturated heterocycles. The molecule has 1 aromatic rings. The van der Waals surface area contributed by atoms with E-state index in [0.29, 0.717) is 18.4 Å². The molecule has 20 heavy (non-hydrogen) atoms. The number of urea groups is 1. The Hall–Kier alpha value is -2.11. The smallest absolute Gasteiger partial charge is 0.315 e. The van der Waals surface area contributed by atoms with E-state index in [-0.39, 0.29) is 24.8 Å². The van der Waals surface area contributed by atoms with Crippen LogP contribution in [0.1, 0.15) is 31.7 Å². The summed E-state index contributed by atoms with van der Waals surface area (Å²) in [5, 5.41) is 13.8. The number of halogens is 1. The van der Waals surface area contributed by atoms with Crippen molar-refractivity contribution < 1.29 is 19.1 Å². The van der Waals surface area contributed by atoms with Gasteiger partial charge in [-0.2, -0.15) is 0 Å². The zero-order chi connectivity index (χ0) is 15.0. The minimum atomic E-state index is -0.846. The molecule has 0 fully saturated rings. The fourth-order valence-corrected chi connectivity index (χ4v) is 1.72. The Bertz CT molecular complexity index is 465. The van der Waals surface area contributed by atoms with E-state index >= 15 is 0 Å². The minimum Gasteiger partial charge on any atom is -0.481 e. The van der Waals surface area contributed by atoms with Crippen LogP contribution in [0, 0.1) is 5.82 Å². The lowest BCUT2D eigenvalue weighted by molar-refractivity contribution is -0.137. The number of carbonyl (C=O) groups is 2. The lowest BCUT2D eigenvalue weighted by atomic mass is 10.1. The first kappa shape index (κ1) is 15.9. The molecule has 6 heteroatoms. The Morgan fingerprint density at radius 2 is 2.05 bits per heavy atom. The summed E-state index contributed by atoms with van der Waals surface area (Å²) in [7, 11) is 0. The van der Waals surface area contributed by atoms with E-state index < -0.39 is 12.0 Å². The van der Waals surface area contributed by atoms with Gasteiger partial charge in [-0.15, -0.1) is 0 Å². The summed E-state index contributed by atoms with van der Waals surface area (Å²) in [5.74, 6) is -1.21. The van der Waals surface area contributed by atoms with Crippen molar-refractivity contribution in [3.8, 4) is 0 Å². The molecule has 1 aromatic carbocycles. The molecule has 0 spiro atoms. The zero-order valence-electron chi connectivity index (χ0n) is 11.4. The lowest BCUT2D eigenvalue weighted by Gasteiger charge is -2.14. The molecule has 1 rings (SSSR count). The van der Waals surface area contributed by atoms with Gasteiger partial charge in [0.1, 0.15) is 5.82 Å². The fourth-order valence-electron chi connectivity index (χ4n) is 1.72. The average molecular weight is 282 g/mol. The van der Waals surface area contributed by atoms with Crippen LogP contribution in [0.3, 0.4) is 0 Å². The molecule has 0 aliphatic heterocycles. The highest BCUT2D eigenvalue weighted by atomic mass is 19.1. The molecule has 0 aromatic heterocycles. The summed E-state index contributed by atoms with van der Waals surface area (Å²) in [6, 6.07) is 5.71. The number of carboxylic acids is 1. The Morgan fingerprint density at radius 3 is 2.70 bits per heavy atom. The summed E-state index contributed by atoms with van der Waals surface area (Å²) in [6.45, 7) is 1.91. The van der Waals surface area contributed by atoms with Gasteiger partial charge in [-0.1, -0.05) is 18.2 Å². The van der Waals surface area contributed by atoms with Gasteiger partial charge in [-0.25, -0.2) is 9.18 Å². The molecule has 1 atom stereocenters. The quantitative estimate of drug-likeness (QED) is 0.718. The van der Waals surface area contributed by atoms with Crippen molar-refractivity contribution in [2.75, 3.05) is 0 Å². The maximum atomic E-state index is 13.3. The van der Waals surface area contributed by atoms with Gasteiger partial charge >= 0.3 is 12.0 Å². The van der Waals surface area contributed by atoms with Crippen LogP contribution in [0.4, 0.5) is 9.18 Å². The van der Waals surface area contributed by atoms with Crippen LogP contribution in [0.15, 0.2) is 24.3 Å². The molecule has 5 nitrogen and oxygen atoms in total. The SMILES string of the molecule is CC(CCCC(=O)O)NC(=O)NCc1ccccc1F. The minimum absolute atomic E-state index is 0.0862. The second-order valence-electron chi connectivity index (χ2n) is 4.61. The van der Waals surface area contributed by atoms with Crippen molar-refractivity contribution in [3.63, 3.8) is 0 Å². The zero-order valence-corrected chi connectivity index (χ0v) is 11.4. The number of nitrogens with one attached hydrogen (secondary N) is 2. The molecule has 3 N–H and O–H groups in total. The van der Waals surface area contributed by atoms with Crippen LogP contribution in [0.25, 0.3) is 0 Å².